The second-order valence-electron chi connectivity index (χ2n) is 8.17. The molecule has 1 aromatic rings. The molecule has 2 fully saturated rings. The number of piperazine rings is 1. The van der Waals surface area contributed by atoms with Gasteiger partial charge < -0.3 is 9.80 Å². The van der Waals surface area contributed by atoms with Crippen LogP contribution >= 0.6 is 0 Å². The maximum absolute atomic E-state index is 10.6. The minimum Gasteiger partial charge on any atom is -0.301 e. The van der Waals surface area contributed by atoms with Crippen molar-refractivity contribution >= 4 is 5.91 Å². The molecule has 0 spiro atoms. The predicted octanol–water partition coefficient (Wildman–Crippen LogP) is 4.75. The largest absolute Gasteiger partial charge is 0.301 e. The molecule has 0 atom stereocenters. The van der Waals surface area contributed by atoms with E-state index in [9.17, 15) is 4.79 Å². The summed E-state index contributed by atoms with van der Waals surface area (Å²) in [6, 6.07) is 9.23. The number of hydroxylamine groups is 1. The summed E-state index contributed by atoms with van der Waals surface area (Å²) in [5.74, 6) is 0.661. The molecular weight excluding hydrogens is 374 g/mol. The van der Waals surface area contributed by atoms with Gasteiger partial charge in [0.25, 0.3) is 0 Å². The Morgan fingerprint density at radius 3 is 2.07 bits per heavy atom. The van der Waals surface area contributed by atoms with Gasteiger partial charge in [-0.15, -0.1) is 0 Å². The van der Waals surface area contributed by atoms with E-state index in [-0.39, 0.29) is 6.42 Å². The fourth-order valence-corrected chi connectivity index (χ4v) is 4.21. The van der Waals surface area contributed by atoms with E-state index in [4.69, 9.17) is 5.21 Å². The first-order chi connectivity index (χ1) is 14.7. The summed E-state index contributed by atoms with van der Waals surface area (Å²) in [5.41, 5.74) is 2.46. The molecule has 0 radical (unpaired) electrons. The van der Waals surface area contributed by atoms with Crippen LogP contribution in [0.25, 0.3) is 0 Å². The van der Waals surface area contributed by atoms with Crippen LogP contribution in [-0.2, 0) is 11.2 Å². The van der Waals surface area contributed by atoms with Crippen LogP contribution in [0.5, 0.6) is 0 Å². The second-order valence-corrected chi connectivity index (χ2v) is 8.17. The van der Waals surface area contributed by atoms with Crippen LogP contribution in [-0.4, -0.2) is 60.2 Å². The highest BCUT2D eigenvalue weighted by atomic mass is 16.5. The van der Waals surface area contributed by atoms with Crippen molar-refractivity contribution in [1.82, 2.24) is 15.3 Å². The van der Waals surface area contributed by atoms with E-state index >= 15 is 0 Å². The number of amides is 1. The van der Waals surface area contributed by atoms with E-state index in [0.717, 1.165) is 11.5 Å². The summed E-state index contributed by atoms with van der Waals surface area (Å²) in [7, 11) is 0. The van der Waals surface area contributed by atoms with Crippen molar-refractivity contribution in [2.45, 2.75) is 72.1 Å². The van der Waals surface area contributed by atoms with E-state index in [1.807, 2.05) is 44.2 Å². The average Bonchev–Trinajstić information content (AvgIpc) is 2.82. The first-order valence-corrected chi connectivity index (χ1v) is 12.1. The Bertz CT molecular complexity index is 524. The van der Waals surface area contributed by atoms with Crippen LogP contribution in [0.2, 0.25) is 0 Å². The average molecular weight is 420 g/mol. The molecule has 30 heavy (non-hydrogen) atoms. The maximum Gasteiger partial charge on any atom is 0.247 e. The van der Waals surface area contributed by atoms with Crippen LogP contribution in [0.4, 0.5) is 0 Å². The van der Waals surface area contributed by atoms with Gasteiger partial charge >= 0.3 is 0 Å². The Hall–Kier alpha value is -1.43. The minimum absolute atomic E-state index is 0.220. The molecule has 172 valence electrons. The highest BCUT2D eigenvalue weighted by Gasteiger charge is 2.18. The van der Waals surface area contributed by atoms with Gasteiger partial charge in [-0.25, -0.2) is 5.48 Å². The van der Waals surface area contributed by atoms with Crippen LogP contribution in [0.15, 0.2) is 30.3 Å². The number of carbonyl (C=O) groups is 1. The van der Waals surface area contributed by atoms with Crippen LogP contribution < -0.4 is 5.48 Å². The molecule has 5 heteroatoms. The van der Waals surface area contributed by atoms with Crippen LogP contribution in [0.1, 0.15) is 71.3 Å². The summed E-state index contributed by atoms with van der Waals surface area (Å²) in [4.78, 5) is 15.9. The summed E-state index contributed by atoms with van der Waals surface area (Å²) in [6.07, 6.45) is 10.5. The van der Waals surface area contributed by atoms with Gasteiger partial charge in [0.1, 0.15) is 0 Å². The summed E-state index contributed by atoms with van der Waals surface area (Å²) in [6.45, 7) is 14.2. The molecule has 1 aliphatic carbocycles. The molecule has 1 aliphatic heterocycles. The minimum atomic E-state index is -0.392. The van der Waals surface area contributed by atoms with Crippen molar-refractivity contribution in [1.29, 1.82) is 0 Å². The van der Waals surface area contributed by atoms with Gasteiger partial charge in [0.05, 0.1) is 6.42 Å². The first-order valence-electron chi connectivity index (χ1n) is 12.1. The SMILES string of the molecule is CC.CCCN1CCN(CCC2CCCCC2)CC1.O=C(Cc1ccccc1)NO. The fourth-order valence-electron chi connectivity index (χ4n) is 4.21. The lowest BCUT2D eigenvalue weighted by atomic mass is 9.87. The van der Waals surface area contributed by atoms with Crippen molar-refractivity contribution in [3.8, 4) is 0 Å². The maximum atomic E-state index is 10.6. The Morgan fingerprint density at radius 1 is 0.967 bits per heavy atom. The number of rotatable bonds is 7. The molecule has 1 saturated carbocycles. The van der Waals surface area contributed by atoms with E-state index in [1.165, 1.54) is 84.2 Å². The van der Waals surface area contributed by atoms with Gasteiger partial charge in [0.2, 0.25) is 5.91 Å². The fraction of sp³-hybridized carbons (Fsp3) is 0.720. The Labute approximate surface area is 184 Å². The number of benzene rings is 1. The molecular formula is C25H45N3O2. The van der Waals surface area contributed by atoms with E-state index in [1.54, 1.807) is 5.48 Å². The van der Waals surface area contributed by atoms with Gasteiger partial charge in [-0.1, -0.05) is 83.2 Å². The Kier molecular flexibility index (Phi) is 15.3. The lowest BCUT2D eigenvalue weighted by molar-refractivity contribution is -0.128. The van der Waals surface area contributed by atoms with E-state index < -0.39 is 5.91 Å². The molecule has 1 saturated heterocycles. The van der Waals surface area contributed by atoms with Gasteiger partial charge in [-0.05, 0) is 37.4 Å². The molecule has 0 aromatic heterocycles. The zero-order valence-corrected chi connectivity index (χ0v) is 19.6. The third-order valence-electron chi connectivity index (χ3n) is 5.92. The zero-order chi connectivity index (χ0) is 22.0. The summed E-state index contributed by atoms with van der Waals surface area (Å²) in [5, 5.41) is 8.20. The van der Waals surface area contributed by atoms with E-state index in [2.05, 4.69) is 16.7 Å². The number of nitrogens with zero attached hydrogens (tertiary/aromatic N) is 2. The molecule has 5 nitrogen and oxygen atoms in total. The molecule has 3 rings (SSSR count). The van der Waals surface area contributed by atoms with Crippen LogP contribution in [0, 0.1) is 5.92 Å². The second kappa shape index (κ2) is 17.3. The van der Waals surface area contributed by atoms with Crippen molar-refractivity contribution in [2.24, 2.45) is 5.92 Å². The Morgan fingerprint density at radius 2 is 1.53 bits per heavy atom. The third kappa shape index (κ3) is 11.7. The molecule has 0 bridgehead atoms. The topological polar surface area (TPSA) is 55.8 Å². The molecule has 2 N–H and O–H groups in total. The molecule has 0 unspecified atom stereocenters. The van der Waals surface area contributed by atoms with E-state index in [0.29, 0.717) is 0 Å². The van der Waals surface area contributed by atoms with Crippen molar-refractivity contribution < 1.29 is 10.0 Å². The predicted molar refractivity (Wildman–Crippen MR) is 126 cm³/mol. The molecule has 1 aromatic carbocycles. The number of hydrogen-bond acceptors (Lipinski definition) is 4. The lowest BCUT2D eigenvalue weighted by Crippen LogP contribution is -2.46. The van der Waals surface area contributed by atoms with Crippen molar-refractivity contribution in [3.05, 3.63) is 35.9 Å². The van der Waals surface area contributed by atoms with Gasteiger partial charge in [0.15, 0.2) is 0 Å². The van der Waals surface area contributed by atoms with Crippen LogP contribution in [0.3, 0.4) is 0 Å². The van der Waals surface area contributed by atoms with Crippen molar-refractivity contribution in [2.75, 3.05) is 39.3 Å². The molecule has 1 heterocycles. The molecule has 2 aliphatic rings. The van der Waals surface area contributed by atoms with Crippen molar-refractivity contribution in [3.63, 3.8) is 0 Å². The summed E-state index contributed by atoms with van der Waals surface area (Å²) < 4.78 is 0. The smallest absolute Gasteiger partial charge is 0.247 e. The normalized spacial score (nSPS) is 17.9. The zero-order valence-electron chi connectivity index (χ0n) is 19.6. The number of hydrogen-bond donors (Lipinski definition) is 2. The summed E-state index contributed by atoms with van der Waals surface area (Å²) >= 11 is 0. The highest BCUT2D eigenvalue weighted by Crippen LogP contribution is 2.26. The standard InChI is InChI=1S/C15H30N2.C8H9NO2.C2H6/c1-2-9-16-11-13-17(14-12-16)10-8-15-6-4-3-5-7-15;10-8(9-11)6-7-4-2-1-3-5-7;1-2/h15H,2-14H2,1H3;1-5,11H,6H2,(H,9,10);1-2H3. The number of nitrogens with one attached hydrogen (secondary N) is 1. The highest BCUT2D eigenvalue weighted by molar-refractivity contribution is 5.77. The number of carbonyl (C=O) groups excluding carboxylic acids is 1. The molecule has 1 amide bonds. The Balaban J connectivity index is 0.000000300. The van der Waals surface area contributed by atoms with Gasteiger partial charge in [-0.3, -0.25) is 10.0 Å². The van der Waals surface area contributed by atoms with Gasteiger partial charge in [-0.2, -0.15) is 0 Å². The monoisotopic (exact) mass is 419 g/mol. The third-order valence-corrected chi connectivity index (χ3v) is 5.92. The lowest BCUT2D eigenvalue weighted by Gasteiger charge is -2.35. The van der Waals surface area contributed by atoms with Gasteiger partial charge in [0, 0.05) is 26.2 Å². The quantitative estimate of drug-likeness (QED) is 0.495. The first kappa shape index (κ1) is 26.6.